The molecular formula is C53H98. The monoisotopic (exact) mass is 735 g/mol. The summed E-state index contributed by atoms with van der Waals surface area (Å²) in [5.74, 6) is 11.3. The Kier molecular flexibility index (Phi) is 13.3. The van der Waals surface area contributed by atoms with E-state index < -0.39 is 0 Å². The molecule has 6 aliphatic carbocycles. The van der Waals surface area contributed by atoms with Crippen LogP contribution >= 0.6 is 0 Å². The fourth-order valence-corrected chi connectivity index (χ4v) is 18.4. The number of hydrogen-bond acceptors (Lipinski definition) is 0. The van der Waals surface area contributed by atoms with Crippen LogP contribution in [-0.2, 0) is 0 Å². The van der Waals surface area contributed by atoms with Crippen molar-refractivity contribution in [3.05, 3.63) is 0 Å². The molecule has 6 aliphatic rings. The minimum absolute atomic E-state index is 0.375. The first-order valence-corrected chi connectivity index (χ1v) is 24.8. The Labute approximate surface area is 335 Å². The summed E-state index contributed by atoms with van der Waals surface area (Å²) in [6.45, 7) is 45.7. The highest BCUT2D eigenvalue weighted by atomic mass is 14.8. The first kappa shape index (κ1) is 44.1. The van der Waals surface area contributed by atoms with Gasteiger partial charge in [-0.15, -0.1) is 0 Å². The fourth-order valence-electron chi connectivity index (χ4n) is 18.4. The van der Waals surface area contributed by atoms with Crippen molar-refractivity contribution in [2.45, 2.75) is 227 Å². The van der Waals surface area contributed by atoms with Gasteiger partial charge in [-0.1, -0.05) is 150 Å². The summed E-state index contributed by atoms with van der Waals surface area (Å²) in [5, 5.41) is 0. The van der Waals surface area contributed by atoms with E-state index in [9.17, 15) is 0 Å². The van der Waals surface area contributed by atoms with Gasteiger partial charge in [0.15, 0.2) is 0 Å². The summed E-state index contributed by atoms with van der Waals surface area (Å²) in [6, 6.07) is 0. The maximum atomic E-state index is 2.99. The average molecular weight is 735 g/mol. The predicted octanol–water partition coefficient (Wildman–Crippen LogP) is 17.0. The van der Waals surface area contributed by atoms with E-state index in [1.54, 1.807) is 6.42 Å². The van der Waals surface area contributed by atoms with Crippen LogP contribution < -0.4 is 0 Å². The number of fused-ring (bicyclic) bond motifs is 5. The summed E-state index contributed by atoms with van der Waals surface area (Å²) in [6.07, 6.45) is 24.7. The van der Waals surface area contributed by atoms with Crippen LogP contribution in [0.4, 0.5) is 0 Å². The van der Waals surface area contributed by atoms with Crippen molar-refractivity contribution >= 4 is 0 Å². The zero-order valence-electron chi connectivity index (χ0n) is 39.5. The van der Waals surface area contributed by atoms with Crippen molar-refractivity contribution < 1.29 is 0 Å². The second-order valence-electron chi connectivity index (χ2n) is 23.9. The summed E-state index contributed by atoms with van der Waals surface area (Å²) in [5.41, 5.74) is 2.61. The molecule has 0 nitrogen and oxygen atoms in total. The third kappa shape index (κ3) is 6.45. The fraction of sp³-hybridized carbons (Fsp3) is 1.00. The lowest BCUT2D eigenvalue weighted by atomic mass is 9.36. The van der Waals surface area contributed by atoms with Gasteiger partial charge in [-0.25, -0.2) is 0 Å². The van der Waals surface area contributed by atoms with E-state index in [4.69, 9.17) is 0 Å². The second kappa shape index (κ2) is 16.0. The van der Waals surface area contributed by atoms with E-state index in [1.807, 2.05) is 0 Å². The lowest BCUT2D eigenvalue weighted by Gasteiger charge is -2.68. The van der Waals surface area contributed by atoms with E-state index in [2.05, 4.69) is 118 Å². The molecule has 6 fully saturated rings. The Hall–Kier alpha value is 0. The standard InChI is InChI=1S/C53H98/c1-18-23-25-43(45-34-53(49(15,21-4)40(45)12)32-36(8)30-46(53)35(6)7)42-26-24-28-48(13,14)50(16)29-27-44(42)47-41(20-3)33-52(22-5,51(47,50)17)39(11)31-38(10)37(9)19-2/h35-47H,18-34H2,1-17H3. The molecule has 6 rings (SSSR count). The molecule has 0 heteroatoms. The van der Waals surface area contributed by atoms with Gasteiger partial charge in [-0.05, 0) is 186 Å². The molecule has 53 heavy (non-hydrogen) atoms. The maximum absolute atomic E-state index is 2.99. The van der Waals surface area contributed by atoms with Crippen LogP contribution in [0.5, 0.6) is 0 Å². The minimum Gasteiger partial charge on any atom is -0.0654 e. The number of rotatable bonds is 14. The highest BCUT2D eigenvalue weighted by Crippen LogP contribution is 2.81. The van der Waals surface area contributed by atoms with Gasteiger partial charge in [-0.3, -0.25) is 0 Å². The Morgan fingerprint density at radius 3 is 1.98 bits per heavy atom. The highest BCUT2D eigenvalue weighted by Gasteiger charge is 2.74. The van der Waals surface area contributed by atoms with Crippen LogP contribution in [0.2, 0.25) is 0 Å². The van der Waals surface area contributed by atoms with E-state index in [0.29, 0.717) is 32.5 Å². The third-order valence-electron chi connectivity index (χ3n) is 22.2. The molecule has 0 saturated heterocycles. The zero-order valence-corrected chi connectivity index (χ0v) is 39.5. The quantitative estimate of drug-likeness (QED) is 0.167. The van der Waals surface area contributed by atoms with Gasteiger partial charge < -0.3 is 0 Å². The minimum atomic E-state index is 0.375. The van der Waals surface area contributed by atoms with Gasteiger partial charge >= 0.3 is 0 Å². The molecule has 0 aliphatic heterocycles. The topological polar surface area (TPSA) is 0 Å². The molecule has 0 heterocycles. The van der Waals surface area contributed by atoms with Gasteiger partial charge in [0.05, 0.1) is 0 Å². The van der Waals surface area contributed by atoms with Crippen molar-refractivity contribution in [1.29, 1.82) is 0 Å². The summed E-state index contributed by atoms with van der Waals surface area (Å²) < 4.78 is 0. The van der Waals surface area contributed by atoms with Crippen LogP contribution in [-0.4, -0.2) is 0 Å². The largest absolute Gasteiger partial charge is 0.0654 e. The molecule has 2 bridgehead atoms. The van der Waals surface area contributed by atoms with Crippen LogP contribution in [0, 0.1) is 109 Å². The molecular weight excluding hydrogens is 637 g/mol. The van der Waals surface area contributed by atoms with Gasteiger partial charge in [0.25, 0.3) is 0 Å². The molecule has 0 aromatic heterocycles. The molecule has 0 aromatic carbocycles. The average Bonchev–Trinajstić information content (AvgIpc) is 3.70. The van der Waals surface area contributed by atoms with E-state index >= 15 is 0 Å². The lowest BCUT2D eigenvalue weighted by molar-refractivity contribution is -0.205. The summed E-state index contributed by atoms with van der Waals surface area (Å²) >= 11 is 0. The molecule has 1 spiro atoms. The first-order valence-electron chi connectivity index (χ1n) is 24.8. The first-order chi connectivity index (χ1) is 24.8. The smallest absolute Gasteiger partial charge is 0.0174 e. The molecule has 0 radical (unpaired) electrons. The van der Waals surface area contributed by atoms with Crippen LogP contribution in [0.1, 0.15) is 227 Å². The molecule has 0 aromatic rings. The van der Waals surface area contributed by atoms with Crippen molar-refractivity contribution in [2.75, 3.05) is 0 Å². The number of hydrogen-bond donors (Lipinski definition) is 0. The Morgan fingerprint density at radius 2 is 1.42 bits per heavy atom. The number of unbranched alkanes of at least 4 members (excludes halogenated alkanes) is 1. The Balaban J connectivity index is 1.67. The van der Waals surface area contributed by atoms with Crippen molar-refractivity contribution in [2.24, 2.45) is 109 Å². The van der Waals surface area contributed by atoms with Gasteiger partial charge in [-0.2, -0.15) is 0 Å². The van der Waals surface area contributed by atoms with Crippen molar-refractivity contribution in [3.63, 3.8) is 0 Å². The van der Waals surface area contributed by atoms with Gasteiger partial charge in [0, 0.05) is 0 Å². The summed E-state index contributed by atoms with van der Waals surface area (Å²) in [7, 11) is 0. The Morgan fingerprint density at radius 1 is 0.736 bits per heavy atom. The van der Waals surface area contributed by atoms with Crippen molar-refractivity contribution in [1.82, 2.24) is 0 Å². The molecule has 0 N–H and O–H groups in total. The molecule has 17 unspecified atom stereocenters. The maximum Gasteiger partial charge on any atom is -0.0174 e. The van der Waals surface area contributed by atoms with Crippen molar-refractivity contribution in [3.8, 4) is 0 Å². The Bertz CT molecular complexity index is 1190. The van der Waals surface area contributed by atoms with E-state index in [0.717, 1.165) is 76.9 Å². The molecule has 310 valence electrons. The van der Waals surface area contributed by atoms with E-state index in [1.165, 1.54) is 103 Å². The van der Waals surface area contributed by atoms with E-state index in [-0.39, 0.29) is 0 Å². The van der Waals surface area contributed by atoms with Crippen LogP contribution in [0.25, 0.3) is 0 Å². The van der Waals surface area contributed by atoms with Crippen LogP contribution in [0.3, 0.4) is 0 Å². The van der Waals surface area contributed by atoms with Gasteiger partial charge in [0.2, 0.25) is 0 Å². The predicted molar refractivity (Wildman–Crippen MR) is 235 cm³/mol. The third-order valence-corrected chi connectivity index (χ3v) is 22.2. The summed E-state index contributed by atoms with van der Waals surface area (Å²) in [4.78, 5) is 0. The molecule has 6 saturated carbocycles. The SMILES string of the molecule is CCCCC(C1CCCC(C)(C)C2(C)CCC1C1C(CC)CC(CC)(C(C)CC(C)C(C)CC)C12C)C1CC2(CC(C)CC2C(C)C)C(C)(CC)C1C. The zero-order chi connectivity index (χ0) is 39.5. The molecule has 17 atom stereocenters. The lowest BCUT2D eigenvalue weighted by Crippen LogP contribution is -2.62. The van der Waals surface area contributed by atoms with Gasteiger partial charge in [0.1, 0.15) is 0 Å². The van der Waals surface area contributed by atoms with Crippen LogP contribution in [0.15, 0.2) is 0 Å². The normalized spacial score (nSPS) is 47.7. The second-order valence-corrected chi connectivity index (χ2v) is 23.9. The molecule has 0 amide bonds. The highest BCUT2D eigenvalue weighted by molar-refractivity contribution is 5.22.